The Labute approximate surface area is 89.6 Å². The second-order valence-corrected chi connectivity index (χ2v) is 3.65. The van der Waals surface area contributed by atoms with Crippen LogP contribution in [0.2, 0.25) is 0 Å². The third kappa shape index (κ3) is 2.21. The van der Waals surface area contributed by atoms with Gasteiger partial charge >= 0.3 is 0 Å². The number of nitrogens with two attached hydrogens (primary N) is 1. The largest absolute Gasteiger partial charge is 0.398 e. The number of benzene rings is 1. The molecule has 4 nitrogen and oxygen atoms in total. The number of guanidine groups is 1. The highest BCUT2D eigenvalue weighted by Gasteiger charge is 2.11. The maximum atomic E-state index is 5.90. The highest BCUT2D eigenvalue weighted by atomic mass is 15.2. The van der Waals surface area contributed by atoms with E-state index < -0.39 is 0 Å². The van der Waals surface area contributed by atoms with E-state index in [0.29, 0.717) is 0 Å². The number of rotatable bonds is 2. The summed E-state index contributed by atoms with van der Waals surface area (Å²) in [4.78, 5) is 4.28. The van der Waals surface area contributed by atoms with Crippen molar-refractivity contribution in [3.05, 3.63) is 29.8 Å². The fourth-order valence-corrected chi connectivity index (χ4v) is 1.68. The van der Waals surface area contributed by atoms with Crippen LogP contribution in [-0.2, 0) is 0 Å². The number of para-hydroxylation sites is 1. The molecule has 2 rings (SSSR count). The molecule has 1 aliphatic rings. The van der Waals surface area contributed by atoms with Crippen molar-refractivity contribution in [1.82, 2.24) is 10.6 Å². The van der Waals surface area contributed by atoms with Crippen LogP contribution in [0.1, 0.15) is 18.5 Å². The normalized spacial score (nSPS) is 16.7. The smallest absolute Gasteiger partial charge is 0.191 e. The van der Waals surface area contributed by atoms with Gasteiger partial charge in [0.25, 0.3) is 0 Å². The van der Waals surface area contributed by atoms with Gasteiger partial charge in [-0.3, -0.25) is 4.99 Å². The van der Waals surface area contributed by atoms with Gasteiger partial charge in [0, 0.05) is 12.2 Å². The second-order valence-electron chi connectivity index (χ2n) is 3.65. The van der Waals surface area contributed by atoms with Gasteiger partial charge in [-0.15, -0.1) is 0 Å². The van der Waals surface area contributed by atoms with E-state index in [1.807, 2.05) is 24.3 Å². The highest BCUT2D eigenvalue weighted by Crippen LogP contribution is 2.19. The number of anilines is 1. The number of aliphatic imine (C=N–C) groups is 1. The van der Waals surface area contributed by atoms with Crippen LogP contribution in [0.3, 0.4) is 0 Å². The van der Waals surface area contributed by atoms with E-state index in [4.69, 9.17) is 5.73 Å². The molecular formula is C11H16N4. The highest BCUT2D eigenvalue weighted by molar-refractivity contribution is 5.81. The van der Waals surface area contributed by atoms with Gasteiger partial charge < -0.3 is 16.4 Å². The first-order chi connectivity index (χ1) is 7.27. The van der Waals surface area contributed by atoms with Crippen LogP contribution < -0.4 is 16.4 Å². The lowest BCUT2D eigenvalue weighted by atomic mass is 10.1. The van der Waals surface area contributed by atoms with Crippen molar-refractivity contribution in [2.75, 3.05) is 18.8 Å². The molecule has 1 atom stereocenters. The summed E-state index contributed by atoms with van der Waals surface area (Å²) in [5, 5.41) is 6.47. The van der Waals surface area contributed by atoms with Crippen LogP contribution in [0.25, 0.3) is 0 Å². The average Bonchev–Trinajstić information content (AvgIpc) is 2.71. The fraction of sp³-hybridized carbons (Fsp3) is 0.364. The van der Waals surface area contributed by atoms with Crippen molar-refractivity contribution in [3.8, 4) is 0 Å². The van der Waals surface area contributed by atoms with Crippen LogP contribution in [0, 0.1) is 0 Å². The predicted molar refractivity (Wildman–Crippen MR) is 62.7 cm³/mol. The second kappa shape index (κ2) is 4.21. The summed E-state index contributed by atoms with van der Waals surface area (Å²) in [6, 6.07) is 8.06. The third-order valence-electron chi connectivity index (χ3n) is 2.49. The molecular weight excluding hydrogens is 188 g/mol. The van der Waals surface area contributed by atoms with E-state index in [-0.39, 0.29) is 6.04 Å². The lowest BCUT2D eigenvalue weighted by Crippen LogP contribution is -2.35. The SMILES string of the molecule is CC(NC1=NCCN1)c1ccccc1N. The third-order valence-corrected chi connectivity index (χ3v) is 2.49. The van der Waals surface area contributed by atoms with E-state index in [1.54, 1.807) is 0 Å². The van der Waals surface area contributed by atoms with Crippen LogP contribution in [0.15, 0.2) is 29.3 Å². The molecule has 1 unspecified atom stereocenters. The number of hydrogen-bond donors (Lipinski definition) is 3. The Kier molecular flexibility index (Phi) is 2.76. The monoisotopic (exact) mass is 204 g/mol. The van der Waals surface area contributed by atoms with Crippen molar-refractivity contribution in [3.63, 3.8) is 0 Å². The summed E-state index contributed by atoms with van der Waals surface area (Å²) in [5.74, 6) is 0.866. The van der Waals surface area contributed by atoms with Crippen LogP contribution >= 0.6 is 0 Å². The van der Waals surface area contributed by atoms with Gasteiger partial charge in [0.2, 0.25) is 0 Å². The summed E-state index contributed by atoms with van der Waals surface area (Å²) in [5.41, 5.74) is 7.82. The van der Waals surface area contributed by atoms with Crippen molar-refractivity contribution in [1.29, 1.82) is 0 Å². The number of nitrogens with zero attached hydrogens (tertiary/aromatic N) is 1. The Bertz CT molecular complexity index is 373. The quantitative estimate of drug-likeness (QED) is 0.627. The Hall–Kier alpha value is -1.71. The first kappa shape index (κ1) is 9.83. The molecule has 0 bridgehead atoms. The van der Waals surface area contributed by atoms with Crippen LogP contribution in [0.5, 0.6) is 0 Å². The van der Waals surface area contributed by atoms with E-state index in [2.05, 4.69) is 22.5 Å². The van der Waals surface area contributed by atoms with Gasteiger partial charge in [0.15, 0.2) is 5.96 Å². The number of hydrogen-bond acceptors (Lipinski definition) is 4. The van der Waals surface area contributed by atoms with Crippen molar-refractivity contribution < 1.29 is 0 Å². The minimum absolute atomic E-state index is 0.176. The van der Waals surface area contributed by atoms with Crippen molar-refractivity contribution in [2.24, 2.45) is 4.99 Å². The lowest BCUT2D eigenvalue weighted by molar-refractivity contribution is 0.704. The molecule has 1 aliphatic heterocycles. The predicted octanol–water partition coefficient (Wildman–Crippen LogP) is 0.879. The Morgan fingerprint density at radius 1 is 1.47 bits per heavy atom. The summed E-state index contributed by atoms with van der Waals surface area (Å²) in [7, 11) is 0. The molecule has 0 fully saturated rings. The Morgan fingerprint density at radius 2 is 2.27 bits per heavy atom. The minimum Gasteiger partial charge on any atom is -0.398 e. The minimum atomic E-state index is 0.176. The van der Waals surface area contributed by atoms with Crippen LogP contribution in [0.4, 0.5) is 5.69 Å². The maximum absolute atomic E-state index is 5.90. The van der Waals surface area contributed by atoms with Gasteiger partial charge in [-0.1, -0.05) is 18.2 Å². The molecule has 0 aliphatic carbocycles. The molecule has 0 aromatic heterocycles. The lowest BCUT2D eigenvalue weighted by Gasteiger charge is -2.17. The Morgan fingerprint density at radius 3 is 2.93 bits per heavy atom. The maximum Gasteiger partial charge on any atom is 0.191 e. The molecule has 4 heteroatoms. The zero-order valence-electron chi connectivity index (χ0n) is 8.83. The fourth-order valence-electron chi connectivity index (χ4n) is 1.68. The van der Waals surface area contributed by atoms with Gasteiger partial charge in [0.05, 0.1) is 12.6 Å². The molecule has 0 saturated carbocycles. The van der Waals surface area contributed by atoms with Crippen molar-refractivity contribution in [2.45, 2.75) is 13.0 Å². The zero-order chi connectivity index (χ0) is 10.7. The summed E-state index contributed by atoms with van der Waals surface area (Å²) in [6.45, 7) is 3.84. The van der Waals surface area contributed by atoms with Gasteiger partial charge in [-0.25, -0.2) is 0 Å². The molecule has 0 spiro atoms. The van der Waals surface area contributed by atoms with Crippen LogP contribution in [-0.4, -0.2) is 19.0 Å². The molecule has 4 N–H and O–H groups in total. The molecule has 0 amide bonds. The van der Waals surface area contributed by atoms with Gasteiger partial charge in [-0.05, 0) is 18.6 Å². The average molecular weight is 204 g/mol. The molecule has 80 valence electrons. The van der Waals surface area contributed by atoms with Gasteiger partial charge in [0.1, 0.15) is 0 Å². The molecule has 0 radical (unpaired) electrons. The summed E-state index contributed by atoms with van der Waals surface area (Å²) < 4.78 is 0. The van der Waals surface area contributed by atoms with E-state index in [0.717, 1.165) is 30.3 Å². The number of nitrogen functional groups attached to an aromatic ring is 1. The first-order valence-corrected chi connectivity index (χ1v) is 5.16. The standard InChI is InChI=1S/C11H16N4/c1-8(15-11-13-6-7-14-11)9-4-2-3-5-10(9)12/h2-5,8H,6-7,12H2,1H3,(H2,13,14,15). The van der Waals surface area contributed by atoms with Gasteiger partial charge in [-0.2, -0.15) is 0 Å². The van der Waals surface area contributed by atoms with E-state index in [9.17, 15) is 0 Å². The topological polar surface area (TPSA) is 62.4 Å². The Balaban J connectivity index is 2.07. The zero-order valence-corrected chi connectivity index (χ0v) is 8.83. The summed E-state index contributed by atoms with van der Waals surface area (Å²) >= 11 is 0. The van der Waals surface area contributed by atoms with E-state index in [1.165, 1.54) is 0 Å². The molecule has 1 aromatic carbocycles. The molecule has 1 aromatic rings. The van der Waals surface area contributed by atoms with Crippen molar-refractivity contribution >= 4 is 11.6 Å². The summed E-state index contributed by atoms with van der Waals surface area (Å²) in [6.07, 6.45) is 0. The van der Waals surface area contributed by atoms with E-state index >= 15 is 0 Å². The molecule has 0 saturated heterocycles. The first-order valence-electron chi connectivity index (χ1n) is 5.16. The molecule has 15 heavy (non-hydrogen) atoms. The number of nitrogens with one attached hydrogen (secondary N) is 2. The molecule has 1 heterocycles.